The van der Waals surface area contributed by atoms with E-state index in [0.717, 1.165) is 16.1 Å². The number of hydrogen-bond acceptors (Lipinski definition) is 4. The summed E-state index contributed by atoms with van der Waals surface area (Å²) >= 11 is 0. The highest BCUT2D eigenvalue weighted by molar-refractivity contribution is 7.92. The first-order chi connectivity index (χ1) is 11.4. The minimum Gasteiger partial charge on any atom is -0.352 e. The predicted molar refractivity (Wildman–Crippen MR) is 89.3 cm³/mol. The van der Waals surface area contributed by atoms with Crippen LogP contribution in [0.25, 0.3) is 0 Å². The van der Waals surface area contributed by atoms with Gasteiger partial charge in [0.1, 0.15) is 5.82 Å². The lowest BCUT2D eigenvalue weighted by Crippen LogP contribution is -2.35. The molecule has 0 aliphatic rings. The second-order valence-corrected chi connectivity index (χ2v) is 7.08. The Morgan fingerprint density at radius 3 is 2.62 bits per heavy atom. The number of rotatable bonds is 7. The Kier molecular flexibility index (Phi) is 5.86. The number of nitrogens with one attached hydrogen (secondary N) is 1. The lowest BCUT2D eigenvalue weighted by molar-refractivity contribution is -0.121. The van der Waals surface area contributed by atoms with Crippen molar-refractivity contribution in [3.05, 3.63) is 60.2 Å². The number of aromatic nitrogens is 1. The molecular formula is C16H18FN3O3S. The van der Waals surface area contributed by atoms with Crippen LogP contribution < -0.4 is 9.62 Å². The molecule has 1 amide bonds. The van der Waals surface area contributed by atoms with Crippen molar-refractivity contribution in [3.63, 3.8) is 0 Å². The van der Waals surface area contributed by atoms with Crippen molar-refractivity contribution in [2.75, 3.05) is 17.1 Å². The molecule has 1 heterocycles. The largest absolute Gasteiger partial charge is 0.352 e. The molecule has 1 aromatic carbocycles. The van der Waals surface area contributed by atoms with E-state index in [0.29, 0.717) is 6.54 Å². The van der Waals surface area contributed by atoms with Crippen LogP contribution in [-0.2, 0) is 21.4 Å². The van der Waals surface area contributed by atoms with Gasteiger partial charge in [-0.25, -0.2) is 12.8 Å². The summed E-state index contributed by atoms with van der Waals surface area (Å²) in [6.45, 7) is 0.157. The van der Waals surface area contributed by atoms with E-state index in [9.17, 15) is 17.6 Å². The number of carbonyl (C=O) groups is 1. The van der Waals surface area contributed by atoms with Gasteiger partial charge in [0.2, 0.25) is 15.9 Å². The quantitative estimate of drug-likeness (QED) is 0.823. The van der Waals surface area contributed by atoms with E-state index in [2.05, 4.69) is 10.3 Å². The highest BCUT2D eigenvalue weighted by atomic mass is 32.2. The molecule has 1 N–H and O–H groups in total. The molecule has 24 heavy (non-hydrogen) atoms. The third-order valence-electron chi connectivity index (χ3n) is 3.28. The maximum Gasteiger partial charge on any atom is 0.232 e. The van der Waals surface area contributed by atoms with Gasteiger partial charge in [-0.2, -0.15) is 0 Å². The number of hydrogen-bond donors (Lipinski definition) is 1. The summed E-state index contributed by atoms with van der Waals surface area (Å²) in [5.41, 5.74) is 0.764. The molecule has 0 fully saturated rings. The van der Waals surface area contributed by atoms with E-state index >= 15 is 0 Å². The van der Waals surface area contributed by atoms with E-state index in [4.69, 9.17) is 0 Å². The summed E-state index contributed by atoms with van der Waals surface area (Å²) in [7, 11) is -3.70. The van der Waals surface area contributed by atoms with Crippen LogP contribution in [0.1, 0.15) is 12.0 Å². The Bertz CT molecular complexity index is 797. The van der Waals surface area contributed by atoms with E-state index in [1.807, 2.05) is 6.07 Å². The summed E-state index contributed by atoms with van der Waals surface area (Å²) in [6, 6.07) is 9.12. The van der Waals surface area contributed by atoms with Crippen molar-refractivity contribution < 1.29 is 17.6 Å². The molecule has 0 aliphatic heterocycles. The summed E-state index contributed by atoms with van der Waals surface area (Å²) < 4.78 is 38.5. The van der Waals surface area contributed by atoms with Gasteiger partial charge in [0.25, 0.3) is 0 Å². The monoisotopic (exact) mass is 351 g/mol. The van der Waals surface area contributed by atoms with Crippen LogP contribution >= 0.6 is 0 Å². The van der Waals surface area contributed by atoms with Crippen molar-refractivity contribution in [2.24, 2.45) is 0 Å². The third kappa shape index (κ3) is 5.02. The number of amides is 1. The average molecular weight is 351 g/mol. The summed E-state index contributed by atoms with van der Waals surface area (Å²) in [6.07, 6.45) is 4.15. The fourth-order valence-electron chi connectivity index (χ4n) is 2.11. The fourth-order valence-corrected chi connectivity index (χ4v) is 3.04. The molecule has 128 valence electrons. The zero-order chi connectivity index (χ0) is 17.6. The molecule has 2 aromatic rings. The van der Waals surface area contributed by atoms with E-state index in [1.165, 1.54) is 18.2 Å². The first-order valence-electron chi connectivity index (χ1n) is 7.26. The molecule has 0 atom stereocenters. The van der Waals surface area contributed by atoms with Gasteiger partial charge < -0.3 is 5.32 Å². The van der Waals surface area contributed by atoms with Crippen LogP contribution in [0.15, 0.2) is 48.8 Å². The van der Waals surface area contributed by atoms with Gasteiger partial charge in [0.15, 0.2) is 0 Å². The van der Waals surface area contributed by atoms with Crippen LogP contribution in [0.5, 0.6) is 0 Å². The highest BCUT2D eigenvalue weighted by Crippen LogP contribution is 2.21. The molecule has 2 rings (SSSR count). The minimum absolute atomic E-state index is 0.0694. The maximum absolute atomic E-state index is 13.9. The zero-order valence-corrected chi connectivity index (χ0v) is 14.0. The van der Waals surface area contributed by atoms with Crippen molar-refractivity contribution >= 4 is 21.6 Å². The van der Waals surface area contributed by atoms with Gasteiger partial charge in [-0.3, -0.25) is 14.1 Å². The van der Waals surface area contributed by atoms with E-state index in [-0.39, 0.29) is 24.6 Å². The Hall–Kier alpha value is -2.48. The predicted octanol–water partition coefficient (Wildman–Crippen LogP) is 1.69. The molecule has 0 saturated carbocycles. The number of halogens is 1. The molecule has 6 nitrogen and oxygen atoms in total. The molecule has 0 spiro atoms. The second kappa shape index (κ2) is 7.87. The first kappa shape index (κ1) is 17.9. The Morgan fingerprint density at radius 1 is 1.25 bits per heavy atom. The lowest BCUT2D eigenvalue weighted by Gasteiger charge is -2.22. The number of pyridine rings is 1. The fraction of sp³-hybridized carbons (Fsp3) is 0.250. The van der Waals surface area contributed by atoms with Gasteiger partial charge in [-0.15, -0.1) is 0 Å². The second-order valence-electron chi connectivity index (χ2n) is 5.17. The van der Waals surface area contributed by atoms with Gasteiger partial charge >= 0.3 is 0 Å². The topological polar surface area (TPSA) is 79.4 Å². The lowest BCUT2D eigenvalue weighted by atomic mass is 10.2. The Morgan fingerprint density at radius 2 is 2.00 bits per heavy atom. The molecular weight excluding hydrogens is 333 g/mol. The summed E-state index contributed by atoms with van der Waals surface area (Å²) in [4.78, 5) is 15.9. The number of sulfonamides is 1. The molecule has 0 aliphatic carbocycles. The number of nitrogens with zero attached hydrogens (tertiary/aromatic N) is 2. The van der Waals surface area contributed by atoms with Crippen LogP contribution in [-0.4, -0.2) is 32.1 Å². The van der Waals surface area contributed by atoms with Gasteiger partial charge in [0.05, 0.1) is 11.9 Å². The number of carbonyl (C=O) groups excluding carboxylic acids is 1. The number of anilines is 1. The van der Waals surface area contributed by atoms with Crippen molar-refractivity contribution in [2.45, 2.75) is 13.0 Å². The van der Waals surface area contributed by atoms with Crippen LogP contribution in [0.4, 0.5) is 10.1 Å². The molecule has 0 bridgehead atoms. The zero-order valence-electron chi connectivity index (χ0n) is 13.1. The van der Waals surface area contributed by atoms with Crippen LogP contribution in [0, 0.1) is 5.82 Å². The van der Waals surface area contributed by atoms with E-state index < -0.39 is 15.8 Å². The molecule has 1 aromatic heterocycles. The Labute approximate surface area is 140 Å². The maximum atomic E-state index is 13.9. The highest BCUT2D eigenvalue weighted by Gasteiger charge is 2.21. The van der Waals surface area contributed by atoms with Crippen LogP contribution in [0.2, 0.25) is 0 Å². The Balaban J connectivity index is 1.98. The number of para-hydroxylation sites is 1. The molecule has 8 heteroatoms. The van der Waals surface area contributed by atoms with E-state index in [1.54, 1.807) is 24.5 Å². The third-order valence-corrected chi connectivity index (χ3v) is 4.46. The van der Waals surface area contributed by atoms with Gasteiger partial charge in [-0.05, 0) is 23.8 Å². The van der Waals surface area contributed by atoms with Crippen LogP contribution in [0.3, 0.4) is 0 Å². The molecule has 0 saturated heterocycles. The van der Waals surface area contributed by atoms with Crippen molar-refractivity contribution in [3.8, 4) is 0 Å². The molecule has 0 radical (unpaired) electrons. The van der Waals surface area contributed by atoms with Gasteiger partial charge in [-0.1, -0.05) is 18.2 Å². The minimum atomic E-state index is -3.70. The number of benzene rings is 1. The smallest absolute Gasteiger partial charge is 0.232 e. The molecule has 0 unspecified atom stereocenters. The standard InChI is InChI=1S/C16H18FN3O3S/c1-24(22,23)20(15-7-3-2-6-14(15)17)10-8-16(21)19-12-13-5-4-9-18-11-13/h2-7,9,11H,8,10,12H2,1H3,(H,19,21). The summed E-state index contributed by atoms with van der Waals surface area (Å²) in [5, 5.41) is 2.68. The average Bonchev–Trinajstić information content (AvgIpc) is 2.54. The van der Waals surface area contributed by atoms with Crippen molar-refractivity contribution in [1.29, 1.82) is 0 Å². The SMILES string of the molecule is CS(=O)(=O)N(CCC(=O)NCc1cccnc1)c1ccccc1F. The van der Waals surface area contributed by atoms with Gasteiger partial charge in [0, 0.05) is 31.9 Å². The summed E-state index contributed by atoms with van der Waals surface area (Å²) in [5.74, 6) is -0.984. The normalized spacial score (nSPS) is 11.1. The van der Waals surface area contributed by atoms with Crippen molar-refractivity contribution in [1.82, 2.24) is 10.3 Å². The first-order valence-corrected chi connectivity index (χ1v) is 9.10.